The predicted molar refractivity (Wildman–Crippen MR) is 83.2 cm³/mol. The van der Waals surface area contributed by atoms with Gasteiger partial charge in [0.25, 0.3) is 0 Å². The molecule has 0 amide bonds. The molecule has 0 unspecified atom stereocenters. The number of nitrogens with zero attached hydrogens (tertiary/aromatic N) is 3. The van der Waals surface area contributed by atoms with Gasteiger partial charge in [-0.25, -0.2) is 0 Å². The van der Waals surface area contributed by atoms with Gasteiger partial charge in [-0.1, -0.05) is 0 Å². The number of piperidine rings is 1. The van der Waals surface area contributed by atoms with E-state index in [1.807, 2.05) is 0 Å². The van der Waals surface area contributed by atoms with Crippen LogP contribution >= 0.6 is 0 Å². The van der Waals surface area contributed by atoms with Crippen LogP contribution in [0.1, 0.15) is 26.7 Å². The molecule has 2 heterocycles. The molecule has 6 heteroatoms. The van der Waals surface area contributed by atoms with Crippen molar-refractivity contribution in [3.8, 4) is 11.8 Å². The summed E-state index contributed by atoms with van der Waals surface area (Å²) in [5, 5.41) is 3.40. The Morgan fingerprint density at radius 3 is 2.24 bits per heavy atom. The van der Waals surface area contributed by atoms with E-state index in [9.17, 15) is 0 Å². The van der Waals surface area contributed by atoms with Crippen molar-refractivity contribution in [1.29, 1.82) is 0 Å². The summed E-state index contributed by atoms with van der Waals surface area (Å²) in [4.78, 5) is 11.2. The monoisotopic (exact) mass is 294 g/mol. The molecule has 1 saturated heterocycles. The summed E-state index contributed by atoms with van der Waals surface area (Å²) in [6.45, 7) is 7.49. The van der Waals surface area contributed by atoms with Crippen LogP contribution in [0, 0.1) is 5.92 Å². The van der Waals surface area contributed by atoms with Crippen molar-refractivity contribution in [3.63, 3.8) is 0 Å². The molecule has 118 valence electrons. The molecule has 0 saturated carbocycles. The Hall–Kier alpha value is -1.56. The van der Waals surface area contributed by atoms with Crippen molar-refractivity contribution in [1.82, 2.24) is 15.3 Å². The highest BCUT2D eigenvalue weighted by molar-refractivity contribution is 5.37. The van der Waals surface area contributed by atoms with Crippen molar-refractivity contribution < 1.29 is 9.47 Å². The van der Waals surface area contributed by atoms with Crippen molar-refractivity contribution in [3.05, 3.63) is 6.07 Å². The molecular formula is C15H26N4O2. The molecule has 2 rings (SSSR count). The maximum Gasteiger partial charge on any atom is 0.232 e. The molecule has 1 aliphatic heterocycles. The lowest BCUT2D eigenvalue weighted by Crippen LogP contribution is -2.40. The molecule has 1 aromatic heterocycles. The zero-order valence-corrected chi connectivity index (χ0v) is 13.4. The lowest BCUT2D eigenvalue weighted by Gasteiger charge is -2.33. The molecule has 1 aliphatic rings. The molecular weight excluding hydrogens is 268 g/mol. The Bertz CT molecular complexity index is 425. The van der Waals surface area contributed by atoms with Gasteiger partial charge in [-0.3, -0.25) is 0 Å². The average molecular weight is 294 g/mol. The van der Waals surface area contributed by atoms with Gasteiger partial charge in [-0.05, 0) is 45.7 Å². The van der Waals surface area contributed by atoms with Gasteiger partial charge in [0.2, 0.25) is 17.7 Å². The molecule has 0 atom stereocenters. The molecule has 0 spiro atoms. The first kappa shape index (κ1) is 15.8. The quantitative estimate of drug-likeness (QED) is 0.862. The van der Waals surface area contributed by atoms with Crippen LogP contribution in [0.25, 0.3) is 0 Å². The highest BCUT2D eigenvalue weighted by Crippen LogP contribution is 2.24. The van der Waals surface area contributed by atoms with Crippen LogP contribution in [-0.2, 0) is 0 Å². The second-order valence-electron chi connectivity index (χ2n) is 5.69. The zero-order chi connectivity index (χ0) is 15.2. The number of methoxy groups -OCH3 is 2. The summed E-state index contributed by atoms with van der Waals surface area (Å²) in [7, 11) is 3.22. The molecule has 0 aliphatic carbocycles. The molecule has 1 fully saturated rings. The third-order valence-corrected chi connectivity index (χ3v) is 3.88. The lowest BCUT2D eigenvalue weighted by molar-refractivity contribution is 0.357. The van der Waals surface area contributed by atoms with Crippen molar-refractivity contribution in [2.45, 2.75) is 32.7 Å². The van der Waals surface area contributed by atoms with Crippen LogP contribution in [0.3, 0.4) is 0 Å². The largest absolute Gasteiger partial charge is 0.481 e. The summed E-state index contributed by atoms with van der Waals surface area (Å²) in [5.74, 6) is 2.43. The first-order chi connectivity index (χ1) is 10.1. The fourth-order valence-electron chi connectivity index (χ4n) is 2.60. The Labute approximate surface area is 126 Å². The SMILES string of the molecule is COc1cc(OC)nc(N(CC2CCNCC2)C(C)C)n1. The lowest BCUT2D eigenvalue weighted by atomic mass is 9.97. The number of anilines is 1. The Kier molecular flexibility index (Phi) is 5.61. The molecule has 6 nitrogen and oxygen atoms in total. The number of rotatable bonds is 6. The standard InChI is InChI=1S/C15H26N4O2/c1-11(2)19(10-12-5-7-16-8-6-12)15-17-13(20-3)9-14(18-15)21-4/h9,11-12,16H,5-8,10H2,1-4H3. The van der Waals surface area contributed by atoms with E-state index in [1.54, 1.807) is 20.3 Å². The van der Waals surface area contributed by atoms with Gasteiger partial charge < -0.3 is 19.7 Å². The maximum absolute atomic E-state index is 5.25. The highest BCUT2D eigenvalue weighted by atomic mass is 16.5. The summed E-state index contributed by atoms with van der Waals surface area (Å²) in [6, 6.07) is 2.03. The van der Waals surface area contributed by atoms with Gasteiger partial charge in [-0.15, -0.1) is 0 Å². The van der Waals surface area contributed by atoms with E-state index in [0.717, 1.165) is 19.6 Å². The number of nitrogens with one attached hydrogen (secondary N) is 1. The Morgan fingerprint density at radius 2 is 1.76 bits per heavy atom. The molecule has 21 heavy (non-hydrogen) atoms. The van der Waals surface area contributed by atoms with E-state index in [4.69, 9.17) is 9.47 Å². The second kappa shape index (κ2) is 7.45. The van der Waals surface area contributed by atoms with Gasteiger partial charge in [0, 0.05) is 12.6 Å². The number of aromatic nitrogens is 2. The topological polar surface area (TPSA) is 59.5 Å². The van der Waals surface area contributed by atoms with Crippen LogP contribution in [0.15, 0.2) is 6.07 Å². The van der Waals surface area contributed by atoms with E-state index in [-0.39, 0.29) is 0 Å². The normalized spacial score (nSPS) is 16.0. The molecule has 1 N–H and O–H groups in total. The Balaban J connectivity index is 2.20. The van der Waals surface area contributed by atoms with Crippen LogP contribution in [0.2, 0.25) is 0 Å². The van der Waals surface area contributed by atoms with Crippen LogP contribution in [0.5, 0.6) is 11.8 Å². The third-order valence-electron chi connectivity index (χ3n) is 3.88. The molecule has 0 radical (unpaired) electrons. The van der Waals surface area contributed by atoms with Gasteiger partial charge in [0.15, 0.2) is 0 Å². The minimum absolute atomic E-state index is 0.330. The first-order valence-electron chi connectivity index (χ1n) is 7.58. The van der Waals surface area contributed by atoms with E-state index in [1.165, 1.54) is 12.8 Å². The van der Waals surface area contributed by atoms with Crippen LogP contribution < -0.4 is 19.7 Å². The summed E-state index contributed by atoms with van der Waals surface area (Å²) >= 11 is 0. The van der Waals surface area contributed by atoms with E-state index in [2.05, 4.69) is 34.0 Å². The van der Waals surface area contributed by atoms with E-state index in [0.29, 0.717) is 29.7 Å². The number of ether oxygens (including phenoxy) is 2. The minimum atomic E-state index is 0.330. The predicted octanol–water partition coefficient (Wildman–Crippen LogP) is 1.71. The fraction of sp³-hybridized carbons (Fsp3) is 0.733. The summed E-state index contributed by atoms with van der Waals surface area (Å²) in [6.07, 6.45) is 2.40. The molecule has 0 aromatic carbocycles. The smallest absolute Gasteiger partial charge is 0.232 e. The Morgan fingerprint density at radius 1 is 1.19 bits per heavy atom. The molecule has 0 bridgehead atoms. The second-order valence-corrected chi connectivity index (χ2v) is 5.69. The van der Waals surface area contributed by atoms with Crippen LogP contribution in [0.4, 0.5) is 5.95 Å². The van der Waals surface area contributed by atoms with Gasteiger partial charge in [-0.2, -0.15) is 9.97 Å². The first-order valence-corrected chi connectivity index (χ1v) is 7.58. The maximum atomic E-state index is 5.25. The van der Waals surface area contributed by atoms with Crippen LogP contribution in [-0.4, -0.2) is 49.9 Å². The minimum Gasteiger partial charge on any atom is -0.481 e. The zero-order valence-electron chi connectivity index (χ0n) is 13.4. The number of hydrogen-bond donors (Lipinski definition) is 1. The summed E-state index contributed by atoms with van der Waals surface area (Å²) < 4.78 is 10.5. The number of hydrogen-bond acceptors (Lipinski definition) is 6. The van der Waals surface area contributed by atoms with Gasteiger partial charge in [0.1, 0.15) is 0 Å². The summed E-state index contributed by atoms with van der Waals surface area (Å²) in [5.41, 5.74) is 0. The van der Waals surface area contributed by atoms with Gasteiger partial charge in [0.05, 0.1) is 20.3 Å². The van der Waals surface area contributed by atoms with E-state index >= 15 is 0 Å². The third kappa shape index (κ3) is 4.20. The van der Waals surface area contributed by atoms with Crippen molar-refractivity contribution >= 4 is 5.95 Å². The molecule has 1 aromatic rings. The van der Waals surface area contributed by atoms with Crippen molar-refractivity contribution in [2.24, 2.45) is 5.92 Å². The average Bonchev–Trinajstić information content (AvgIpc) is 2.52. The fourth-order valence-corrected chi connectivity index (χ4v) is 2.60. The van der Waals surface area contributed by atoms with E-state index < -0.39 is 0 Å². The van der Waals surface area contributed by atoms with Gasteiger partial charge >= 0.3 is 0 Å². The highest BCUT2D eigenvalue weighted by Gasteiger charge is 2.22. The van der Waals surface area contributed by atoms with Crippen molar-refractivity contribution in [2.75, 3.05) is 38.8 Å².